The van der Waals surface area contributed by atoms with Crippen LogP contribution in [0, 0.1) is 10.5 Å². The van der Waals surface area contributed by atoms with Gasteiger partial charge in [0.15, 0.2) is 5.75 Å². The summed E-state index contributed by atoms with van der Waals surface area (Å²) in [6.45, 7) is 1.90. The van der Waals surface area contributed by atoms with E-state index in [0.29, 0.717) is 5.75 Å². The van der Waals surface area contributed by atoms with E-state index in [0.717, 1.165) is 13.6 Å². The van der Waals surface area contributed by atoms with Crippen LogP contribution in [0.5, 0.6) is 5.75 Å². The van der Waals surface area contributed by atoms with Crippen molar-refractivity contribution in [2.24, 2.45) is 0 Å². The Balaban J connectivity index is 2.33. The third-order valence-corrected chi connectivity index (χ3v) is 4.99. The number of hydrogen-bond acceptors (Lipinski definition) is 3. The van der Waals surface area contributed by atoms with Crippen molar-refractivity contribution < 1.29 is 12.6 Å². The third kappa shape index (κ3) is 3.70. The molecule has 2 aromatic carbocycles. The standard InChI is InChI=1S/C13H10BrIO3S/c1-9-2-5-11(6-3-9)19(16,17)18-13-7-4-10(14)8-12(13)15/h2-8H,1H3. The molecule has 0 heterocycles. The molecule has 19 heavy (non-hydrogen) atoms. The molecule has 0 atom stereocenters. The van der Waals surface area contributed by atoms with Crippen LogP contribution in [0.15, 0.2) is 51.8 Å². The Labute approximate surface area is 134 Å². The van der Waals surface area contributed by atoms with Crippen molar-refractivity contribution >= 4 is 48.6 Å². The summed E-state index contributed by atoms with van der Waals surface area (Å²) in [5.74, 6) is 0.323. The summed E-state index contributed by atoms with van der Waals surface area (Å²) in [6, 6.07) is 11.7. The Bertz CT molecular complexity index is 696. The molecule has 0 aliphatic rings. The lowest BCUT2D eigenvalue weighted by Gasteiger charge is -2.09. The van der Waals surface area contributed by atoms with Gasteiger partial charge in [-0.25, -0.2) is 0 Å². The minimum atomic E-state index is -3.79. The summed E-state index contributed by atoms with van der Waals surface area (Å²) >= 11 is 5.35. The summed E-state index contributed by atoms with van der Waals surface area (Å²) in [5, 5.41) is 0. The van der Waals surface area contributed by atoms with Crippen LogP contribution in [-0.2, 0) is 10.1 Å². The molecule has 0 saturated heterocycles. The van der Waals surface area contributed by atoms with Crippen molar-refractivity contribution in [3.63, 3.8) is 0 Å². The quantitative estimate of drug-likeness (QED) is 0.519. The predicted octanol–water partition coefficient (Wildman–Crippen LogP) is 4.13. The second-order valence-electron chi connectivity index (χ2n) is 3.93. The molecule has 0 unspecified atom stereocenters. The molecule has 2 rings (SSSR count). The fraction of sp³-hybridized carbons (Fsp3) is 0.0769. The lowest BCUT2D eigenvalue weighted by Crippen LogP contribution is -2.10. The van der Waals surface area contributed by atoms with E-state index in [1.165, 1.54) is 12.1 Å². The van der Waals surface area contributed by atoms with Crippen LogP contribution in [-0.4, -0.2) is 8.42 Å². The molecular formula is C13H10BrIO3S. The zero-order valence-corrected chi connectivity index (χ0v) is 14.5. The van der Waals surface area contributed by atoms with Gasteiger partial charge in [-0.3, -0.25) is 0 Å². The molecule has 2 aromatic rings. The van der Waals surface area contributed by atoms with Crippen molar-refractivity contribution in [3.05, 3.63) is 56.1 Å². The highest BCUT2D eigenvalue weighted by Gasteiger charge is 2.17. The van der Waals surface area contributed by atoms with Crippen molar-refractivity contribution in [1.29, 1.82) is 0 Å². The molecule has 0 radical (unpaired) electrons. The molecule has 6 heteroatoms. The SMILES string of the molecule is Cc1ccc(S(=O)(=O)Oc2ccc(Br)cc2I)cc1. The van der Waals surface area contributed by atoms with Crippen LogP contribution in [0.2, 0.25) is 0 Å². The smallest absolute Gasteiger partial charge is 0.339 e. The van der Waals surface area contributed by atoms with Crippen molar-refractivity contribution in [1.82, 2.24) is 0 Å². The van der Waals surface area contributed by atoms with E-state index >= 15 is 0 Å². The second-order valence-corrected chi connectivity index (χ2v) is 7.55. The molecule has 0 amide bonds. The van der Waals surface area contributed by atoms with Gasteiger partial charge in [0.2, 0.25) is 0 Å². The molecule has 0 aliphatic carbocycles. The molecule has 0 aliphatic heterocycles. The van der Waals surface area contributed by atoms with Crippen molar-refractivity contribution in [3.8, 4) is 5.75 Å². The average molecular weight is 453 g/mol. The first kappa shape index (κ1) is 14.8. The molecule has 0 fully saturated rings. The van der Waals surface area contributed by atoms with E-state index < -0.39 is 10.1 Å². The van der Waals surface area contributed by atoms with Crippen molar-refractivity contribution in [2.45, 2.75) is 11.8 Å². The van der Waals surface area contributed by atoms with Crippen LogP contribution in [0.4, 0.5) is 0 Å². The summed E-state index contributed by atoms with van der Waals surface area (Å²) in [6.07, 6.45) is 0. The van der Waals surface area contributed by atoms with Gasteiger partial charge in [0.05, 0.1) is 3.57 Å². The van der Waals surface area contributed by atoms with Gasteiger partial charge < -0.3 is 4.18 Å². The first-order valence-electron chi connectivity index (χ1n) is 5.35. The Kier molecular flexibility index (Phi) is 4.52. The fourth-order valence-electron chi connectivity index (χ4n) is 1.41. The summed E-state index contributed by atoms with van der Waals surface area (Å²) in [4.78, 5) is 0.150. The Morgan fingerprint density at radius 2 is 1.74 bits per heavy atom. The molecule has 0 bridgehead atoms. The van der Waals surface area contributed by atoms with Gasteiger partial charge in [0.25, 0.3) is 0 Å². The topological polar surface area (TPSA) is 43.4 Å². The van der Waals surface area contributed by atoms with Crippen molar-refractivity contribution in [2.75, 3.05) is 0 Å². The van der Waals surface area contributed by atoms with Crippen LogP contribution >= 0.6 is 38.5 Å². The highest BCUT2D eigenvalue weighted by molar-refractivity contribution is 14.1. The summed E-state index contributed by atoms with van der Waals surface area (Å²) in [7, 11) is -3.79. The number of benzene rings is 2. The second kappa shape index (κ2) is 5.80. The minimum Gasteiger partial charge on any atom is -0.378 e. The van der Waals surface area contributed by atoms with E-state index in [-0.39, 0.29) is 4.90 Å². The first-order valence-corrected chi connectivity index (χ1v) is 8.63. The maximum absolute atomic E-state index is 12.1. The summed E-state index contributed by atoms with van der Waals surface area (Å²) < 4.78 is 31.0. The molecule has 0 aromatic heterocycles. The average Bonchev–Trinajstić information content (AvgIpc) is 2.33. The van der Waals surface area contributed by atoms with E-state index in [9.17, 15) is 8.42 Å². The van der Waals surface area contributed by atoms with E-state index in [2.05, 4.69) is 15.9 Å². The molecule has 0 N–H and O–H groups in total. The van der Waals surface area contributed by atoms with Gasteiger partial charge in [-0.2, -0.15) is 8.42 Å². The summed E-state index contributed by atoms with van der Waals surface area (Å²) in [5.41, 5.74) is 0.997. The van der Waals surface area contributed by atoms with Crippen LogP contribution in [0.25, 0.3) is 0 Å². The maximum Gasteiger partial charge on any atom is 0.339 e. The minimum absolute atomic E-state index is 0.150. The molecule has 3 nitrogen and oxygen atoms in total. The highest BCUT2D eigenvalue weighted by Crippen LogP contribution is 2.27. The maximum atomic E-state index is 12.1. The van der Waals surface area contributed by atoms with Gasteiger partial charge in [0, 0.05) is 4.47 Å². The fourth-order valence-corrected chi connectivity index (χ4v) is 3.93. The van der Waals surface area contributed by atoms with Gasteiger partial charge >= 0.3 is 10.1 Å². The molecule has 0 saturated carbocycles. The van der Waals surface area contributed by atoms with Gasteiger partial charge in [0.1, 0.15) is 4.90 Å². The predicted molar refractivity (Wildman–Crippen MR) is 85.9 cm³/mol. The number of halogens is 2. The number of aryl methyl sites for hydroxylation is 1. The van der Waals surface area contributed by atoms with Gasteiger partial charge in [-0.1, -0.05) is 33.6 Å². The van der Waals surface area contributed by atoms with Gasteiger partial charge in [-0.05, 0) is 59.8 Å². The first-order chi connectivity index (χ1) is 8.88. The highest BCUT2D eigenvalue weighted by atomic mass is 127. The zero-order chi connectivity index (χ0) is 14.0. The Hall–Kier alpha value is -0.600. The molecule has 0 spiro atoms. The molecule has 100 valence electrons. The lowest BCUT2D eigenvalue weighted by molar-refractivity contribution is 0.484. The van der Waals surface area contributed by atoms with E-state index in [1.807, 2.05) is 29.5 Å². The number of hydrogen-bond donors (Lipinski definition) is 0. The monoisotopic (exact) mass is 452 g/mol. The van der Waals surface area contributed by atoms with Crippen LogP contribution in [0.1, 0.15) is 5.56 Å². The number of rotatable bonds is 3. The molecular weight excluding hydrogens is 443 g/mol. The third-order valence-electron chi connectivity index (χ3n) is 2.40. The van der Waals surface area contributed by atoms with Gasteiger partial charge in [-0.15, -0.1) is 0 Å². The normalized spacial score (nSPS) is 11.3. The van der Waals surface area contributed by atoms with E-state index in [1.54, 1.807) is 30.3 Å². The van der Waals surface area contributed by atoms with E-state index in [4.69, 9.17) is 4.18 Å². The largest absolute Gasteiger partial charge is 0.378 e. The van der Waals surface area contributed by atoms with Crippen LogP contribution in [0.3, 0.4) is 0 Å². The lowest BCUT2D eigenvalue weighted by atomic mass is 10.2. The Morgan fingerprint density at radius 3 is 2.32 bits per heavy atom. The zero-order valence-electron chi connectivity index (χ0n) is 9.93. The van der Waals surface area contributed by atoms with Crippen LogP contribution < -0.4 is 4.18 Å². The Morgan fingerprint density at radius 1 is 1.11 bits per heavy atom.